The van der Waals surface area contributed by atoms with Crippen LogP contribution in [0.25, 0.3) is 0 Å². The number of fused-ring (bicyclic) bond motifs is 3. The van der Waals surface area contributed by atoms with Crippen LogP contribution in [0.1, 0.15) is 83.4 Å². The molecule has 2 atom stereocenters. The standard InChI is InChI=1S/C22H30O3/c1-13(2)16-11-15-7-8-19-21(4,5)20(24)9-10-22(19,6)17(15)12-18(16)25-14(3)23/h11-13,19H,7-10H2,1-6H3. The minimum absolute atomic E-state index is 0.0323. The zero-order chi connectivity index (χ0) is 18.6. The van der Waals surface area contributed by atoms with Gasteiger partial charge in [0.25, 0.3) is 0 Å². The zero-order valence-electron chi connectivity index (χ0n) is 16.4. The molecule has 0 aliphatic heterocycles. The van der Waals surface area contributed by atoms with Crippen LogP contribution in [0.15, 0.2) is 12.1 Å². The van der Waals surface area contributed by atoms with Crippen LogP contribution in [0.4, 0.5) is 0 Å². The van der Waals surface area contributed by atoms with Crippen molar-refractivity contribution in [1.82, 2.24) is 0 Å². The second-order valence-corrected chi connectivity index (χ2v) is 8.95. The first-order chi connectivity index (χ1) is 11.6. The molecule has 0 aromatic heterocycles. The summed E-state index contributed by atoms with van der Waals surface area (Å²) in [5.74, 6) is 1.44. The van der Waals surface area contributed by atoms with Gasteiger partial charge in [0, 0.05) is 18.8 Å². The lowest BCUT2D eigenvalue weighted by atomic mass is 9.50. The molecule has 0 bridgehead atoms. The summed E-state index contributed by atoms with van der Waals surface area (Å²) in [6.07, 6.45) is 3.56. The van der Waals surface area contributed by atoms with Gasteiger partial charge in [-0.25, -0.2) is 0 Å². The van der Waals surface area contributed by atoms with Crippen LogP contribution >= 0.6 is 0 Å². The Kier molecular flexibility index (Phi) is 4.33. The van der Waals surface area contributed by atoms with Gasteiger partial charge in [-0.05, 0) is 59.3 Å². The lowest BCUT2D eigenvalue weighted by molar-refractivity contribution is -0.137. The monoisotopic (exact) mass is 342 g/mol. The van der Waals surface area contributed by atoms with Crippen LogP contribution in [0.5, 0.6) is 5.75 Å². The molecule has 1 fully saturated rings. The Morgan fingerprint density at radius 1 is 1.20 bits per heavy atom. The first kappa shape index (κ1) is 18.2. The normalized spacial score (nSPS) is 27.6. The van der Waals surface area contributed by atoms with Gasteiger partial charge in [-0.2, -0.15) is 0 Å². The van der Waals surface area contributed by atoms with Gasteiger partial charge in [-0.1, -0.05) is 40.7 Å². The highest BCUT2D eigenvalue weighted by Crippen LogP contribution is 2.56. The molecule has 0 N–H and O–H groups in total. The second-order valence-electron chi connectivity index (χ2n) is 8.95. The molecule has 0 spiro atoms. The van der Waals surface area contributed by atoms with E-state index in [0.29, 0.717) is 29.8 Å². The van der Waals surface area contributed by atoms with E-state index in [0.717, 1.165) is 24.8 Å². The fourth-order valence-corrected chi connectivity index (χ4v) is 5.24. The second kappa shape index (κ2) is 5.96. The van der Waals surface area contributed by atoms with Crippen LogP contribution in [0.3, 0.4) is 0 Å². The number of rotatable bonds is 2. The first-order valence-corrected chi connectivity index (χ1v) is 9.46. The van der Waals surface area contributed by atoms with Crippen molar-refractivity contribution in [2.75, 3.05) is 0 Å². The number of carbonyl (C=O) groups is 2. The summed E-state index contributed by atoms with van der Waals surface area (Å²) in [5.41, 5.74) is 3.42. The molecule has 1 aromatic rings. The minimum atomic E-state index is -0.289. The number of hydrogen-bond acceptors (Lipinski definition) is 3. The smallest absolute Gasteiger partial charge is 0.308 e. The van der Waals surface area contributed by atoms with Crippen molar-refractivity contribution in [1.29, 1.82) is 0 Å². The summed E-state index contributed by atoms with van der Waals surface area (Å²) >= 11 is 0. The van der Waals surface area contributed by atoms with Crippen LogP contribution in [-0.4, -0.2) is 11.8 Å². The van der Waals surface area contributed by atoms with E-state index in [-0.39, 0.29) is 16.8 Å². The van der Waals surface area contributed by atoms with Gasteiger partial charge in [-0.15, -0.1) is 0 Å². The molecule has 1 saturated carbocycles. The molecule has 25 heavy (non-hydrogen) atoms. The highest BCUT2D eigenvalue weighted by atomic mass is 16.5. The Labute approximate surface area is 151 Å². The quantitative estimate of drug-likeness (QED) is 0.564. The van der Waals surface area contributed by atoms with E-state index in [1.807, 2.05) is 0 Å². The molecule has 0 saturated heterocycles. The maximum absolute atomic E-state index is 12.5. The lowest BCUT2D eigenvalue weighted by Gasteiger charge is -2.53. The summed E-state index contributed by atoms with van der Waals surface area (Å²) in [6, 6.07) is 4.34. The first-order valence-electron chi connectivity index (χ1n) is 9.46. The largest absolute Gasteiger partial charge is 0.426 e. The molecular weight excluding hydrogens is 312 g/mol. The van der Waals surface area contributed by atoms with Crippen molar-refractivity contribution in [3.63, 3.8) is 0 Å². The third-order valence-corrected chi connectivity index (χ3v) is 6.66. The summed E-state index contributed by atoms with van der Waals surface area (Å²) in [6.45, 7) is 12.2. The predicted molar refractivity (Wildman–Crippen MR) is 99.0 cm³/mol. The molecule has 0 amide bonds. The van der Waals surface area contributed by atoms with Gasteiger partial charge < -0.3 is 4.74 Å². The van der Waals surface area contributed by atoms with Gasteiger partial charge in [0.15, 0.2) is 0 Å². The van der Waals surface area contributed by atoms with Crippen LogP contribution in [0, 0.1) is 11.3 Å². The summed E-state index contributed by atoms with van der Waals surface area (Å²) in [7, 11) is 0. The van der Waals surface area contributed by atoms with Crippen molar-refractivity contribution in [3.8, 4) is 5.75 Å². The van der Waals surface area contributed by atoms with Crippen molar-refractivity contribution >= 4 is 11.8 Å². The SMILES string of the molecule is CC(=O)Oc1cc2c(cc1C(C)C)CCC1C(C)(C)C(=O)CCC21C. The van der Waals surface area contributed by atoms with Gasteiger partial charge in [0.05, 0.1) is 0 Å². The van der Waals surface area contributed by atoms with Crippen LogP contribution in [-0.2, 0) is 21.4 Å². The highest BCUT2D eigenvalue weighted by Gasteiger charge is 2.53. The number of benzene rings is 1. The Hall–Kier alpha value is -1.64. The summed E-state index contributed by atoms with van der Waals surface area (Å²) in [4.78, 5) is 24.1. The van der Waals surface area contributed by atoms with E-state index >= 15 is 0 Å². The Morgan fingerprint density at radius 2 is 1.88 bits per heavy atom. The summed E-state index contributed by atoms with van der Waals surface area (Å²) in [5, 5.41) is 0. The molecule has 0 heterocycles. The number of Topliss-reactive ketones (excluding diaryl/α,β-unsaturated/α-hetero) is 1. The molecule has 3 rings (SSSR count). The molecule has 2 unspecified atom stereocenters. The lowest BCUT2D eigenvalue weighted by Crippen LogP contribution is -2.52. The van der Waals surface area contributed by atoms with Gasteiger partial charge in [0.1, 0.15) is 11.5 Å². The maximum atomic E-state index is 12.5. The maximum Gasteiger partial charge on any atom is 0.308 e. The van der Waals surface area contributed by atoms with Crippen LogP contribution < -0.4 is 4.74 Å². The number of ether oxygens (including phenoxy) is 1. The fraction of sp³-hybridized carbons (Fsp3) is 0.636. The highest BCUT2D eigenvalue weighted by molar-refractivity contribution is 5.86. The molecule has 1 aromatic carbocycles. The Balaban J connectivity index is 2.15. The Bertz CT molecular complexity index is 729. The van der Waals surface area contributed by atoms with Gasteiger partial charge in [0.2, 0.25) is 0 Å². The van der Waals surface area contributed by atoms with Crippen LogP contribution in [0.2, 0.25) is 0 Å². The van der Waals surface area contributed by atoms with Gasteiger partial charge in [-0.3, -0.25) is 9.59 Å². The number of hydrogen-bond donors (Lipinski definition) is 0. The molecule has 3 heteroatoms. The topological polar surface area (TPSA) is 43.4 Å². The predicted octanol–water partition coefficient (Wildman–Crippen LogP) is 4.94. The average molecular weight is 342 g/mol. The molecule has 3 nitrogen and oxygen atoms in total. The Morgan fingerprint density at radius 3 is 2.48 bits per heavy atom. The third-order valence-electron chi connectivity index (χ3n) is 6.66. The van der Waals surface area contributed by atoms with Crippen molar-refractivity contribution in [2.45, 2.75) is 78.6 Å². The number of carbonyl (C=O) groups excluding carboxylic acids is 2. The summed E-state index contributed by atoms with van der Waals surface area (Å²) < 4.78 is 5.56. The van der Waals surface area contributed by atoms with Gasteiger partial charge >= 0.3 is 5.97 Å². The van der Waals surface area contributed by atoms with E-state index < -0.39 is 0 Å². The average Bonchev–Trinajstić information content (AvgIpc) is 2.50. The molecule has 2 aliphatic carbocycles. The third kappa shape index (κ3) is 2.82. The number of esters is 1. The fourth-order valence-electron chi connectivity index (χ4n) is 5.24. The number of ketones is 1. The minimum Gasteiger partial charge on any atom is -0.426 e. The number of aryl methyl sites for hydroxylation is 1. The van der Waals surface area contributed by atoms with E-state index in [4.69, 9.17) is 4.74 Å². The zero-order valence-corrected chi connectivity index (χ0v) is 16.4. The molecule has 2 aliphatic rings. The molecule has 136 valence electrons. The van der Waals surface area contributed by atoms with E-state index in [1.54, 1.807) is 0 Å². The molecular formula is C22H30O3. The van der Waals surface area contributed by atoms with E-state index in [2.05, 4.69) is 46.8 Å². The van der Waals surface area contributed by atoms with E-state index in [1.165, 1.54) is 18.1 Å². The van der Waals surface area contributed by atoms with Crippen molar-refractivity contribution in [3.05, 3.63) is 28.8 Å². The molecule has 0 radical (unpaired) electrons. The van der Waals surface area contributed by atoms with E-state index in [9.17, 15) is 9.59 Å². The van der Waals surface area contributed by atoms with Crippen molar-refractivity contribution in [2.24, 2.45) is 11.3 Å². The van der Waals surface area contributed by atoms with Crippen molar-refractivity contribution < 1.29 is 14.3 Å².